The third kappa shape index (κ3) is 5.55. The van der Waals surface area contributed by atoms with Crippen LogP contribution in [0.15, 0.2) is 53.6 Å². The lowest BCUT2D eigenvalue weighted by molar-refractivity contribution is -0.119. The first-order chi connectivity index (χ1) is 12.3. The molecule has 0 saturated heterocycles. The average molecular weight is 379 g/mol. The topological polar surface area (TPSA) is 88.1 Å². The van der Waals surface area contributed by atoms with Crippen LogP contribution in [-0.4, -0.2) is 40.4 Å². The Kier molecular flexibility index (Phi) is 6.29. The van der Waals surface area contributed by atoms with E-state index in [9.17, 15) is 17.6 Å². The van der Waals surface area contributed by atoms with E-state index in [1.54, 1.807) is 12.1 Å². The number of hydrogen-bond acceptors (Lipinski definition) is 5. The van der Waals surface area contributed by atoms with Crippen LogP contribution in [0.4, 0.5) is 10.1 Å². The molecule has 0 atom stereocenters. The van der Waals surface area contributed by atoms with Gasteiger partial charge in [0.1, 0.15) is 18.1 Å². The third-order valence-electron chi connectivity index (χ3n) is 3.32. The maximum absolute atomic E-state index is 12.8. The molecule has 7 nitrogen and oxygen atoms in total. The number of hydrogen-bond donors (Lipinski definition) is 1. The minimum atomic E-state index is -3.68. The van der Waals surface area contributed by atoms with Crippen LogP contribution in [0.2, 0.25) is 0 Å². The number of nitrogens with zero attached hydrogens (tertiary/aromatic N) is 2. The zero-order valence-electron chi connectivity index (χ0n) is 14.2. The van der Waals surface area contributed by atoms with Gasteiger partial charge in [-0.25, -0.2) is 18.2 Å². The van der Waals surface area contributed by atoms with Crippen molar-refractivity contribution >= 4 is 27.8 Å². The quantitative estimate of drug-likeness (QED) is 0.586. The Morgan fingerprint density at radius 1 is 1.19 bits per heavy atom. The second-order valence-corrected chi connectivity index (χ2v) is 7.22. The van der Waals surface area contributed by atoms with Gasteiger partial charge < -0.3 is 4.74 Å². The summed E-state index contributed by atoms with van der Waals surface area (Å²) in [5, 5.41) is 3.74. The summed E-state index contributed by atoms with van der Waals surface area (Å²) in [6.45, 7) is -0.439. The normalized spacial score (nSPS) is 11.3. The molecule has 9 heteroatoms. The predicted octanol–water partition coefficient (Wildman–Crippen LogP) is 1.75. The summed E-state index contributed by atoms with van der Waals surface area (Å²) in [6, 6.07) is 11.8. The van der Waals surface area contributed by atoms with Crippen molar-refractivity contribution in [3.05, 3.63) is 59.9 Å². The van der Waals surface area contributed by atoms with Gasteiger partial charge in [0, 0.05) is 0 Å². The minimum Gasteiger partial charge on any atom is -0.497 e. The van der Waals surface area contributed by atoms with Gasteiger partial charge >= 0.3 is 0 Å². The smallest absolute Gasteiger partial charge is 0.260 e. The fraction of sp³-hybridized carbons (Fsp3) is 0.176. The Morgan fingerprint density at radius 3 is 2.35 bits per heavy atom. The molecule has 0 aliphatic rings. The Balaban J connectivity index is 2.05. The summed E-state index contributed by atoms with van der Waals surface area (Å²) in [4.78, 5) is 12.0. The highest BCUT2D eigenvalue weighted by Crippen LogP contribution is 2.21. The van der Waals surface area contributed by atoms with E-state index in [2.05, 4.69) is 10.5 Å². The number of ether oxygens (including phenoxy) is 1. The maximum atomic E-state index is 12.8. The van der Waals surface area contributed by atoms with Gasteiger partial charge in [-0.05, 0) is 42.0 Å². The van der Waals surface area contributed by atoms with Crippen LogP contribution in [0.3, 0.4) is 0 Å². The van der Waals surface area contributed by atoms with E-state index in [1.807, 2.05) is 0 Å². The fourth-order valence-electron chi connectivity index (χ4n) is 2.04. The van der Waals surface area contributed by atoms with Crippen LogP contribution in [0, 0.1) is 5.82 Å². The summed E-state index contributed by atoms with van der Waals surface area (Å²) >= 11 is 0. The van der Waals surface area contributed by atoms with E-state index in [-0.39, 0.29) is 5.82 Å². The van der Waals surface area contributed by atoms with Crippen molar-refractivity contribution in [3.8, 4) is 5.75 Å². The molecule has 26 heavy (non-hydrogen) atoms. The van der Waals surface area contributed by atoms with Crippen LogP contribution in [0.1, 0.15) is 5.56 Å². The molecule has 0 aromatic heterocycles. The Hall–Kier alpha value is -2.94. The van der Waals surface area contributed by atoms with Crippen molar-refractivity contribution in [1.29, 1.82) is 0 Å². The third-order valence-corrected chi connectivity index (χ3v) is 4.46. The molecule has 1 amide bonds. The van der Waals surface area contributed by atoms with Gasteiger partial charge in [-0.3, -0.25) is 9.10 Å². The molecule has 1 N–H and O–H groups in total. The number of nitrogens with one attached hydrogen (secondary N) is 1. The molecule has 2 aromatic rings. The maximum Gasteiger partial charge on any atom is 0.260 e. The SMILES string of the molecule is COc1ccc(N(CC(=O)N/N=C/c2ccc(F)cc2)S(C)(=O)=O)cc1. The molecule has 0 aliphatic carbocycles. The van der Waals surface area contributed by atoms with Crippen molar-refractivity contribution in [2.24, 2.45) is 5.10 Å². The number of hydrazone groups is 1. The van der Waals surface area contributed by atoms with Gasteiger partial charge in [-0.15, -0.1) is 0 Å². The molecule has 0 bridgehead atoms. The molecule has 0 spiro atoms. The number of halogens is 1. The van der Waals surface area contributed by atoms with Gasteiger partial charge in [0.25, 0.3) is 5.91 Å². The van der Waals surface area contributed by atoms with Crippen LogP contribution in [-0.2, 0) is 14.8 Å². The van der Waals surface area contributed by atoms with Gasteiger partial charge in [-0.1, -0.05) is 12.1 Å². The number of amides is 1. The fourth-order valence-corrected chi connectivity index (χ4v) is 2.90. The van der Waals surface area contributed by atoms with E-state index < -0.39 is 22.5 Å². The summed E-state index contributed by atoms with van der Waals surface area (Å²) < 4.78 is 42.8. The highest BCUT2D eigenvalue weighted by atomic mass is 32.2. The monoisotopic (exact) mass is 379 g/mol. The molecule has 0 fully saturated rings. The van der Waals surface area contributed by atoms with Gasteiger partial charge in [-0.2, -0.15) is 5.10 Å². The molecule has 2 aromatic carbocycles. The highest BCUT2D eigenvalue weighted by Gasteiger charge is 2.20. The lowest BCUT2D eigenvalue weighted by atomic mass is 10.2. The summed E-state index contributed by atoms with van der Waals surface area (Å²) in [6.07, 6.45) is 2.34. The first kappa shape index (κ1) is 19.4. The van der Waals surface area contributed by atoms with E-state index in [4.69, 9.17) is 4.74 Å². The zero-order valence-corrected chi connectivity index (χ0v) is 15.0. The average Bonchev–Trinajstić information content (AvgIpc) is 2.60. The van der Waals surface area contributed by atoms with Gasteiger partial charge in [0.15, 0.2) is 0 Å². The number of rotatable bonds is 7. The largest absolute Gasteiger partial charge is 0.497 e. The lowest BCUT2D eigenvalue weighted by Gasteiger charge is -2.21. The standard InChI is InChI=1S/C17H18FN3O4S/c1-25-16-9-7-15(8-10-16)21(26(2,23)24)12-17(22)20-19-11-13-3-5-14(18)6-4-13/h3-11H,12H2,1-2H3,(H,20,22)/b19-11+. The van der Waals surface area contributed by atoms with Crippen LogP contribution in [0.25, 0.3) is 0 Å². The summed E-state index contributed by atoms with van der Waals surface area (Å²) in [5.41, 5.74) is 3.16. The van der Waals surface area contributed by atoms with E-state index >= 15 is 0 Å². The number of benzene rings is 2. The molecular formula is C17H18FN3O4S. The van der Waals surface area contributed by atoms with Crippen LogP contribution >= 0.6 is 0 Å². The molecule has 0 heterocycles. The van der Waals surface area contributed by atoms with Gasteiger partial charge in [0.05, 0.1) is 25.3 Å². The summed E-state index contributed by atoms with van der Waals surface area (Å²) in [7, 11) is -2.18. The van der Waals surface area contributed by atoms with Gasteiger partial charge in [0.2, 0.25) is 10.0 Å². The predicted molar refractivity (Wildman–Crippen MR) is 97.3 cm³/mol. The second-order valence-electron chi connectivity index (χ2n) is 5.31. The first-order valence-corrected chi connectivity index (χ1v) is 9.33. The number of carbonyl (C=O) groups excluding carboxylic acids is 1. The first-order valence-electron chi connectivity index (χ1n) is 7.49. The van der Waals surface area contributed by atoms with Crippen molar-refractivity contribution < 1.29 is 22.3 Å². The van der Waals surface area contributed by atoms with Crippen molar-refractivity contribution in [2.75, 3.05) is 24.2 Å². The molecule has 0 unspecified atom stereocenters. The Bertz CT molecular complexity index is 881. The van der Waals surface area contributed by atoms with E-state index in [0.29, 0.717) is 17.0 Å². The van der Waals surface area contributed by atoms with Crippen LogP contribution in [0.5, 0.6) is 5.75 Å². The molecule has 0 radical (unpaired) electrons. The molecule has 2 rings (SSSR count). The second kappa shape index (κ2) is 8.43. The highest BCUT2D eigenvalue weighted by molar-refractivity contribution is 7.92. The Morgan fingerprint density at radius 2 is 1.81 bits per heavy atom. The molecular weight excluding hydrogens is 361 g/mol. The van der Waals surface area contributed by atoms with Crippen LogP contribution < -0.4 is 14.5 Å². The minimum absolute atomic E-state index is 0.325. The van der Waals surface area contributed by atoms with Crippen molar-refractivity contribution in [1.82, 2.24) is 5.43 Å². The number of methoxy groups -OCH3 is 1. The number of sulfonamides is 1. The Labute approximate surface area is 151 Å². The number of carbonyl (C=O) groups is 1. The molecule has 138 valence electrons. The molecule has 0 aliphatic heterocycles. The summed E-state index contributed by atoms with van der Waals surface area (Å²) in [5.74, 6) is -0.436. The molecule has 0 saturated carbocycles. The van der Waals surface area contributed by atoms with Crippen molar-refractivity contribution in [3.63, 3.8) is 0 Å². The zero-order chi connectivity index (χ0) is 19.2. The number of anilines is 1. The van der Waals surface area contributed by atoms with E-state index in [0.717, 1.165) is 10.6 Å². The van der Waals surface area contributed by atoms with Crippen molar-refractivity contribution in [2.45, 2.75) is 0 Å². The van der Waals surface area contributed by atoms with E-state index in [1.165, 1.54) is 49.7 Å². The lowest BCUT2D eigenvalue weighted by Crippen LogP contribution is -2.39.